The Morgan fingerprint density at radius 2 is 1.57 bits per heavy atom. The molecule has 15 heteroatoms. The minimum atomic E-state index is -5.08. The van der Waals surface area contributed by atoms with Crippen LogP contribution in [0.15, 0.2) is 40.6 Å². The predicted octanol–water partition coefficient (Wildman–Crippen LogP) is 8.92. The summed E-state index contributed by atoms with van der Waals surface area (Å²) in [5, 5.41) is 5.08. The van der Waals surface area contributed by atoms with Crippen LogP contribution in [0.1, 0.15) is 41.2 Å². The number of amides is 1. The first-order valence-electron chi connectivity index (χ1n) is 11.3. The minimum absolute atomic E-state index is 0.00691. The molecule has 0 aliphatic rings. The number of rotatable bonds is 6. The summed E-state index contributed by atoms with van der Waals surface area (Å²) in [6.45, 7) is 5.24. The summed E-state index contributed by atoms with van der Waals surface area (Å²) in [7, 11) is 0. The summed E-state index contributed by atoms with van der Waals surface area (Å²) in [6.07, 6.45) is -10.2. The molecular weight excluding hydrogens is 621 g/mol. The molecule has 0 bridgehead atoms. The highest BCUT2D eigenvalue weighted by atomic mass is 35.5. The molecule has 0 saturated carbocycles. The molecule has 0 aliphatic carbocycles. The molecule has 0 fully saturated rings. The van der Waals surface area contributed by atoms with Gasteiger partial charge in [0.05, 0.1) is 36.8 Å². The molecule has 1 amide bonds. The lowest BCUT2D eigenvalue weighted by atomic mass is 9.97. The largest absolute Gasteiger partial charge is 0.416 e. The van der Waals surface area contributed by atoms with Gasteiger partial charge in [-0.3, -0.25) is 4.79 Å². The van der Waals surface area contributed by atoms with Crippen LogP contribution in [0.4, 0.5) is 26.3 Å². The van der Waals surface area contributed by atoms with Crippen LogP contribution in [0.3, 0.4) is 0 Å². The fraction of sp³-hybridized carbons (Fsp3) is 0.240. The minimum Gasteiger partial charge on any atom is -0.364 e. The lowest BCUT2D eigenvalue weighted by Gasteiger charge is -2.14. The number of carbonyl (C=O) groups excluding carboxylic acids is 1. The van der Waals surface area contributed by atoms with Gasteiger partial charge in [-0.25, -0.2) is 4.98 Å². The van der Waals surface area contributed by atoms with E-state index < -0.39 is 40.6 Å². The molecule has 0 spiro atoms. The Morgan fingerprint density at radius 3 is 2.08 bits per heavy atom. The van der Waals surface area contributed by atoms with Gasteiger partial charge in [0, 0.05) is 16.4 Å². The van der Waals surface area contributed by atoms with Crippen LogP contribution >= 0.6 is 46.3 Å². The van der Waals surface area contributed by atoms with E-state index in [1.807, 2.05) is 13.8 Å². The van der Waals surface area contributed by atoms with E-state index in [0.29, 0.717) is 32.6 Å². The van der Waals surface area contributed by atoms with Crippen molar-refractivity contribution in [3.63, 3.8) is 0 Å². The van der Waals surface area contributed by atoms with Crippen molar-refractivity contribution >= 4 is 52.2 Å². The number of thiazole rings is 1. The van der Waals surface area contributed by atoms with Crippen molar-refractivity contribution in [2.75, 3.05) is 0 Å². The second kappa shape index (κ2) is 10.9. The van der Waals surface area contributed by atoms with Gasteiger partial charge in [-0.1, -0.05) is 54.5 Å². The number of halogens is 8. The summed E-state index contributed by atoms with van der Waals surface area (Å²) in [4.78, 5) is 17.3. The van der Waals surface area contributed by atoms with E-state index in [1.54, 1.807) is 18.2 Å². The molecule has 2 heterocycles. The maximum atomic E-state index is 13.5. The predicted molar refractivity (Wildman–Crippen MR) is 144 cm³/mol. The molecule has 0 aliphatic heterocycles. The van der Waals surface area contributed by atoms with E-state index in [4.69, 9.17) is 28.9 Å². The molecular formula is C25H18Cl2F6N4OS2. The molecule has 0 saturated heterocycles. The van der Waals surface area contributed by atoms with Crippen LogP contribution in [0.25, 0.3) is 27.5 Å². The highest BCUT2D eigenvalue weighted by molar-refractivity contribution is 8.01. The van der Waals surface area contributed by atoms with Gasteiger partial charge in [-0.2, -0.15) is 36.1 Å². The first-order valence-corrected chi connectivity index (χ1v) is 13.7. The van der Waals surface area contributed by atoms with Crippen molar-refractivity contribution in [1.82, 2.24) is 14.8 Å². The fourth-order valence-corrected chi connectivity index (χ4v) is 6.62. The van der Waals surface area contributed by atoms with Gasteiger partial charge in [0.25, 0.3) is 5.91 Å². The zero-order valence-corrected chi connectivity index (χ0v) is 23.9. The molecule has 2 aromatic heterocycles. The highest BCUT2D eigenvalue weighted by Gasteiger charge is 2.38. The van der Waals surface area contributed by atoms with E-state index in [0.717, 1.165) is 16.0 Å². The van der Waals surface area contributed by atoms with Crippen LogP contribution in [-0.2, 0) is 12.4 Å². The molecule has 2 N–H and O–H groups in total. The lowest BCUT2D eigenvalue weighted by molar-refractivity contribution is -0.143. The van der Waals surface area contributed by atoms with E-state index in [1.165, 1.54) is 18.7 Å². The Kier molecular flexibility index (Phi) is 8.25. The van der Waals surface area contributed by atoms with Gasteiger partial charge < -0.3 is 5.73 Å². The van der Waals surface area contributed by atoms with Crippen LogP contribution in [0, 0.1) is 6.92 Å². The van der Waals surface area contributed by atoms with Gasteiger partial charge in [-0.15, -0.1) is 11.8 Å². The van der Waals surface area contributed by atoms with Gasteiger partial charge in [0.1, 0.15) is 5.69 Å². The summed E-state index contributed by atoms with van der Waals surface area (Å²) in [6, 6.07) is 5.93. The van der Waals surface area contributed by atoms with Crippen molar-refractivity contribution in [2.45, 2.75) is 42.6 Å². The van der Waals surface area contributed by atoms with Gasteiger partial charge in [0.2, 0.25) is 5.13 Å². The molecule has 2 aromatic carbocycles. The van der Waals surface area contributed by atoms with Crippen molar-refractivity contribution in [2.24, 2.45) is 5.73 Å². The van der Waals surface area contributed by atoms with Gasteiger partial charge in [-0.05, 0) is 42.8 Å². The number of thioether (sulfide) groups is 1. The number of alkyl halides is 6. The zero-order chi connectivity index (χ0) is 29.7. The number of nitrogens with zero attached hydrogens (tertiary/aromatic N) is 3. The van der Waals surface area contributed by atoms with Crippen LogP contribution in [0.2, 0.25) is 10.0 Å². The third-order valence-corrected chi connectivity index (χ3v) is 8.45. The average molecular weight is 639 g/mol. The van der Waals surface area contributed by atoms with Gasteiger partial charge >= 0.3 is 12.4 Å². The molecule has 4 rings (SSSR count). The van der Waals surface area contributed by atoms with Crippen molar-refractivity contribution in [3.8, 4) is 27.5 Å². The Morgan fingerprint density at radius 1 is 0.975 bits per heavy atom. The second-order valence-corrected chi connectivity index (χ2v) is 12.4. The van der Waals surface area contributed by atoms with Gasteiger partial charge in [0.15, 0.2) is 0 Å². The van der Waals surface area contributed by atoms with E-state index in [2.05, 4.69) is 10.1 Å². The SMILES string of the molecule is Cc1nn(-c2nc(-c3ccc(Cl)c(Cl)c3)c(SC(C)C)s2)c(C(N)=O)c1-c1cc(C(F)(F)F)cc(C(F)(F)F)c1. The Balaban J connectivity index is 1.97. The average Bonchev–Trinajstić information content (AvgIpc) is 3.40. The number of hydrogen-bond donors (Lipinski definition) is 1. The molecule has 212 valence electrons. The number of benzene rings is 2. The summed E-state index contributed by atoms with van der Waals surface area (Å²) >= 11 is 14.8. The van der Waals surface area contributed by atoms with E-state index in [-0.39, 0.29) is 32.7 Å². The Bertz CT molecular complexity index is 1580. The highest BCUT2D eigenvalue weighted by Crippen LogP contribution is 2.43. The summed E-state index contributed by atoms with van der Waals surface area (Å²) in [5.74, 6) is -1.12. The standard InChI is InChI=1S/C25H18Cl2F6N4OS2/c1-10(2)39-22-19(12-4-5-16(26)17(27)8-12)35-23(40-22)37-20(21(34)38)18(11(3)36-37)13-6-14(24(28,29)30)9-15(7-13)25(31,32)33/h4-10H,1-3H3,(H2,34,38). The zero-order valence-electron chi connectivity index (χ0n) is 20.7. The van der Waals surface area contributed by atoms with Crippen LogP contribution in [-0.4, -0.2) is 25.9 Å². The maximum absolute atomic E-state index is 13.5. The molecule has 0 unspecified atom stereocenters. The quantitative estimate of drug-likeness (QED) is 0.169. The number of primary amides is 1. The lowest BCUT2D eigenvalue weighted by Crippen LogP contribution is -2.18. The number of carbonyl (C=O) groups is 1. The normalized spacial score (nSPS) is 12.4. The summed E-state index contributed by atoms with van der Waals surface area (Å²) < 4.78 is 83.0. The van der Waals surface area contributed by atoms with Crippen molar-refractivity contribution in [3.05, 3.63) is 69.0 Å². The Labute approximate surface area is 242 Å². The number of nitrogens with two attached hydrogens (primary N) is 1. The number of hydrogen-bond acceptors (Lipinski definition) is 5. The smallest absolute Gasteiger partial charge is 0.364 e. The van der Waals surface area contributed by atoms with Crippen molar-refractivity contribution < 1.29 is 31.1 Å². The monoisotopic (exact) mass is 638 g/mol. The molecule has 5 nitrogen and oxygen atoms in total. The molecule has 0 radical (unpaired) electrons. The van der Waals surface area contributed by atoms with Crippen molar-refractivity contribution in [1.29, 1.82) is 0 Å². The van der Waals surface area contributed by atoms with E-state index in [9.17, 15) is 31.1 Å². The first kappa shape index (κ1) is 30.2. The van der Waals surface area contributed by atoms with E-state index >= 15 is 0 Å². The second-order valence-electron chi connectivity index (χ2n) is 8.81. The molecule has 4 aromatic rings. The summed E-state index contributed by atoms with van der Waals surface area (Å²) in [5.41, 5.74) is 2.39. The molecule has 40 heavy (non-hydrogen) atoms. The number of aromatic nitrogens is 3. The Hall–Kier alpha value is -2.74. The van der Waals surface area contributed by atoms with Crippen LogP contribution in [0.5, 0.6) is 0 Å². The first-order chi connectivity index (χ1) is 18.5. The molecule has 0 atom stereocenters. The fourth-order valence-electron chi connectivity index (χ4n) is 3.84. The number of aryl methyl sites for hydroxylation is 1. The third-order valence-electron chi connectivity index (χ3n) is 5.47. The van der Waals surface area contributed by atoms with Crippen LogP contribution < -0.4 is 5.73 Å². The maximum Gasteiger partial charge on any atom is 0.416 e. The topological polar surface area (TPSA) is 73.8 Å². The third kappa shape index (κ3) is 6.12.